The molecule has 0 aliphatic heterocycles. The summed E-state index contributed by atoms with van der Waals surface area (Å²) in [6, 6.07) is 10.0. The topological polar surface area (TPSA) is 49.3 Å². The Morgan fingerprint density at radius 2 is 2.10 bits per heavy atom. The first-order valence-electron chi connectivity index (χ1n) is 6.92. The molecule has 2 aromatic rings. The van der Waals surface area contributed by atoms with E-state index in [1.165, 1.54) is 0 Å². The Morgan fingerprint density at radius 1 is 1.38 bits per heavy atom. The standard InChI is InChI=1S/C16H21NO2S2/c1-16(2,3)20-10-15(19)17-9-12(18)14-8-11-6-4-5-7-13(11)21-14/h4-8,12,18H,9-10H2,1-3H3,(H,17,19). The Kier molecular flexibility index (Phi) is 5.30. The van der Waals surface area contributed by atoms with Crippen LogP contribution in [0.5, 0.6) is 0 Å². The van der Waals surface area contributed by atoms with Crippen molar-refractivity contribution in [3.05, 3.63) is 35.2 Å². The normalized spacial score (nSPS) is 13.3. The lowest BCUT2D eigenvalue weighted by Gasteiger charge is -2.17. The van der Waals surface area contributed by atoms with Gasteiger partial charge in [0.05, 0.1) is 5.75 Å². The predicted octanol–water partition coefficient (Wildman–Crippen LogP) is 3.58. The molecule has 1 aromatic carbocycles. The van der Waals surface area contributed by atoms with Crippen molar-refractivity contribution < 1.29 is 9.90 Å². The molecule has 0 aliphatic rings. The molecule has 0 radical (unpaired) electrons. The number of carbonyl (C=O) groups excluding carboxylic acids is 1. The molecule has 1 heterocycles. The first-order chi connectivity index (χ1) is 9.85. The van der Waals surface area contributed by atoms with Crippen LogP contribution in [0.3, 0.4) is 0 Å². The van der Waals surface area contributed by atoms with Crippen molar-refractivity contribution in [1.29, 1.82) is 0 Å². The van der Waals surface area contributed by atoms with Crippen LogP contribution in [-0.4, -0.2) is 28.1 Å². The van der Waals surface area contributed by atoms with E-state index in [0.29, 0.717) is 5.75 Å². The van der Waals surface area contributed by atoms with Gasteiger partial charge in [0, 0.05) is 20.9 Å². The van der Waals surface area contributed by atoms with Gasteiger partial charge in [-0.3, -0.25) is 4.79 Å². The third-order valence-corrected chi connectivity index (χ3v) is 5.39. The number of hydrogen-bond acceptors (Lipinski definition) is 4. The van der Waals surface area contributed by atoms with E-state index in [1.807, 2.05) is 30.3 Å². The largest absolute Gasteiger partial charge is 0.386 e. The Labute approximate surface area is 133 Å². The molecule has 0 aliphatic carbocycles. The third-order valence-electron chi connectivity index (χ3n) is 2.90. The van der Waals surface area contributed by atoms with Gasteiger partial charge < -0.3 is 10.4 Å². The molecule has 1 aromatic heterocycles. The Morgan fingerprint density at radius 3 is 2.76 bits per heavy atom. The Hall–Kier alpha value is -1.04. The summed E-state index contributed by atoms with van der Waals surface area (Å²) >= 11 is 3.17. The molecule has 0 saturated carbocycles. The number of carbonyl (C=O) groups is 1. The van der Waals surface area contributed by atoms with Crippen LogP contribution < -0.4 is 5.32 Å². The average Bonchev–Trinajstić information content (AvgIpc) is 2.85. The van der Waals surface area contributed by atoms with Gasteiger partial charge >= 0.3 is 0 Å². The van der Waals surface area contributed by atoms with E-state index >= 15 is 0 Å². The quantitative estimate of drug-likeness (QED) is 0.884. The summed E-state index contributed by atoms with van der Waals surface area (Å²) in [7, 11) is 0. The lowest BCUT2D eigenvalue weighted by atomic mass is 10.2. The van der Waals surface area contributed by atoms with Crippen LogP contribution in [0.1, 0.15) is 31.8 Å². The second-order valence-electron chi connectivity index (χ2n) is 5.91. The summed E-state index contributed by atoms with van der Waals surface area (Å²) in [4.78, 5) is 12.6. The molecule has 21 heavy (non-hydrogen) atoms. The number of rotatable bonds is 5. The smallest absolute Gasteiger partial charge is 0.230 e. The summed E-state index contributed by atoms with van der Waals surface area (Å²) in [5, 5.41) is 14.1. The molecule has 3 nitrogen and oxygen atoms in total. The summed E-state index contributed by atoms with van der Waals surface area (Å²) in [6.45, 7) is 6.50. The zero-order valence-corrected chi connectivity index (χ0v) is 14.2. The number of thiophene rings is 1. The van der Waals surface area contributed by atoms with Gasteiger partial charge in [-0.2, -0.15) is 0 Å². The number of nitrogens with one attached hydrogen (secondary N) is 1. The predicted molar refractivity (Wildman–Crippen MR) is 92.0 cm³/mol. The maximum absolute atomic E-state index is 11.8. The molecule has 0 spiro atoms. The molecule has 2 N–H and O–H groups in total. The Bertz CT molecular complexity index is 583. The average molecular weight is 323 g/mol. The molecule has 114 valence electrons. The maximum Gasteiger partial charge on any atom is 0.230 e. The molecule has 0 fully saturated rings. The van der Waals surface area contributed by atoms with Crippen LogP contribution in [0.25, 0.3) is 10.1 Å². The van der Waals surface area contributed by atoms with E-state index in [1.54, 1.807) is 23.1 Å². The minimum atomic E-state index is -0.647. The second kappa shape index (κ2) is 6.81. The fourth-order valence-corrected chi connectivity index (χ4v) is 3.53. The number of aliphatic hydroxyl groups excluding tert-OH is 1. The summed E-state index contributed by atoms with van der Waals surface area (Å²) in [5.74, 6) is 0.387. The number of amides is 1. The van der Waals surface area contributed by atoms with Crippen molar-refractivity contribution in [2.45, 2.75) is 31.6 Å². The van der Waals surface area contributed by atoms with Crippen LogP contribution in [-0.2, 0) is 4.79 Å². The van der Waals surface area contributed by atoms with Crippen LogP contribution in [0.2, 0.25) is 0 Å². The van der Waals surface area contributed by atoms with Crippen LogP contribution in [0.15, 0.2) is 30.3 Å². The summed E-state index contributed by atoms with van der Waals surface area (Å²) < 4.78 is 1.22. The minimum Gasteiger partial charge on any atom is -0.386 e. The number of thioether (sulfide) groups is 1. The van der Waals surface area contributed by atoms with Gasteiger partial charge in [-0.1, -0.05) is 39.0 Å². The Balaban J connectivity index is 1.86. The van der Waals surface area contributed by atoms with Gasteiger partial charge in [0.25, 0.3) is 0 Å². The van der Waals surface area contributed by atoms with Gasteiger partial charge in [0.2, 0.25) is 5.91 Å². The highest BCUT2D eigenvalue weighted by Gasteiger charge is 2.15. The van der Waals surface area contributed by atoms with Gasteiger partial charge in [0.15, 0.2) is 0 Å². The van der Waals surface area contributed by atoms with E-state index < -0.39 is 6.10 Å². The van der Waals surface area contributed by atoms with E-state index in [4.69, 9.17) is 0 Å². The first-order valence-corrected chi connectivity index (χ1v) is 8.72. The van der Waals surface area contributed by atoms with Gasteiger partial charge in [-0.05, 0) is 17.5 Å². The molecule has 1 atom stereocenters. The van der Waals surface area contributed by atoms with Crippen molar-refractivity contribution in [2.75, 3.05) is 12.3 Å². The van der Waals surface area contributed by atoms with E-state index in [0.717, 1.165) is 15.0 Å². The highest BCUT2D eigenvalue weighted by molar-refractivity contribution is 8.01. The van der Waals surface area contributed by atoms with Gasteiger partial charge in [-0.25, -0.2) is 0 Å². The summed E-state index contributed by atoms with van der Waals surface area (Å²) in [6.07, 6.45) is -0.647. The number of fused-ring (bicyclic) bond motifs is 1. The molecule has 1 unspecified atom stereocenters. The zero-order chi connectivity index (χ0) is 15.5. The maximum atomic E-state index is 11.8. The number of aliphatic hydroxyl groups is 1. The van der Waals surface area contributed by atoms with Gasteiger partial charge in [-0.15, -0.1) is 23.1 Å². The molecule has 0 saturated heterocycles. The molecular formula is C16H21NO2S2. The first kappa shape index (κ1) is 16.3. The zero-order valence-electron chi connectivity index (χ0n) is 12.6. The fourth-order valence-electron chi connectivity index (χ4n) is 1.81. The fraction of sp³-hybridized carbons (Fsp3) is 0.438. The van der Waals surface area contributed by atoms with E-state index in [2.05, 4.69) is 26.1 Å². The monoisotopic (exact) mass is 323 g/mol. The van der Waals surface area contributed by atoms with Crippen molar-refractivity contribution in [3.63, 3.8) is 0 Å². The van der Waals surface area contributed by atoms with Crippen LogP contribution in [0.4, 0.5) is 0 Å². The molecule has 0 bridgehead atoms. The van der Waals surface area contributed by atoms with Crippen LogP contribution >= 0.6 is 23.1 Å². The third kappa shape index (κ3) is 5.02. The highest BCUT2D eigenvalue weighted by Crippen LogP contribution is 2.29. The van der Waals surface area contributed by atoms with Crippen molar-refractivity contribution in [3.8, 4) is 0 Å². The summed E-state index contributed by atoms with van der Waals surface area (Å²) in [5.41, 5.74) is 0. The van der Waals surface area contributed by atoms with Crippen LogP contribution in [0, 0.1) is 0 Å². The van der Waals surface area contributed by atoms with Gasteiger partial charge in [0.1, 0.15) is 6.10 Å². The highest BCUT2D eigenvalue weighted by atomic mass is 32.2. The van der Waals surface area contributed by atoms with Crippen molar-refractivity contribution >= 4 is 39.1 Å². The molecule has 2 rings (SSSR count). The van der Waals surface area contributed by atoms with Crippen molar-refractivity contribution in [2.24, 2.45) is 0 Å². The SMILES string of the molecule is CC(C)(C)SCC(=O)NCC(O)c1cc2ccccc2s1. The van der Waals surface area contributed by atoms with Crippen molar-refractivity contribution in [1.82, 2.24) is 5.32 Å². The number of benzene rings is 1. The van der Waals surface area contributed by atoms with E-state index in [-0.39, 0.29) is 17.2 Å². The molecule has 5 heteroatoms. The lowest BCUT2D eigenvalue weighted by Crippen LogP contribution is -2.30. The minimum absolute atomic E-state index is 0.0323. The number of hydrogen-bond donors (Lipinski definition) is 2. The van der Waals surface area contributed by atoms with E-state index in [9.17, 15) is 9.90 Å². The second-order valence-corrected chi connectivity index (χ2v) is 8.82. The lowest BCUT2D eigenvalue weighted by molar-refractivity contribution is -0.119. The molecular weight excluding hydrogens is 302 g/mol. The molecule has 1 amide bonds.